The zero-order valence-electron chi connectivity index (χ0n) is 38.8. The maximum Gasteiger partial charge on any atom is 0.195 e. The molecule has 0 heterocycles. The van der Waals surface area contributed by atoms with Crippen molar-refractivity contribution in [2.45, 2.75) is 129 Å². The first-order valence-electron chi connectivity index (χ1n) is 22.7. The van der Waals surface area contributed by atoms with Gasteiger partial charge in [0.25, 0.3) is 0 Å². The predicted molar refractivity (Wildman–Crippen MR) is 262 cm³/mol. The van der Waals surface area contributed by atoms with E-state index in [4.69, 9.17) is 11.5 Å². The van der Waals surface area contributed by atoms with E-state index >= 15 is 0 Å². The molecule has 4 N–H and O–H groups in total. The summed E-state index contributed by atoms with van der Waals surface area (Å²) in [7, 11) is 0. The van der Waals surface area contributed by atoms with Crippen LogP contribution in [0.3, 0.4) is 0 Å². The average Bonchev–Trinajstić information content (AvgIpc) is 3.26. The maximum absolute atomic E-state index is 14.0. The number of ketones is 2. The maximum atomic E-state index is 14.0. The lowest BCUT2D eigenvalue weighted by molar-refractivity contribution is 0.103. The molecule has 7 rings (SSSR count). The number of rotatable bonds is 12. The first-order valence-corrected chi connectivity index (χ1v) is 22.7. The summed E-state index contributed by atoms with van der Waals surface area (Å²) in [5.74, 6) is -0.139. The van der Waals surface area contributed by atoms with Crippen LogP contribution in [0.15, 0.2) is 121 Å². The summed E-state index contributed by atoms with van der Waals surface area (Å²) in [6.07, 6.45) is 6.48. The first kappa shape index (κ1) is 44.3. The van der Waals surface area contributed by atoms with Crippen molar-refractivity contribution in [3.05, 3.63) is 166 Å². The Morgan fingerprint density at radius 2 is 0.790 bits per heavy atom. The lowest BCUT2D eigenvalue weighted by Crippen LogP contribution is -2.48. The Labute approximate surface area is 371 Å². The minimum atomic E-state index is -0.197. The van der Waals surface area contributed by atoms with Crippen LogP contribution in [-0.2, 0) is 21.7 Å². The standard InChI is InChI=1S/C58H66N2O2/c1-11-13-31-57(9)49-35-41(39-21-29-51(59)47(33-39)53(61)37-15-23-43(24-16-37)55(3,4)5)19-27-45(49)46-28-20-42(36-50(46)58(57,10)32-14-12-2)40-22-30-52(60)48(34-40)54(62)38-17-25-44(26-18-38)56(6,7)8/h15-30,33-36H,11-14,31-32,59-60H2,1-10H3. The molecule has 4 heteroatoms. The number of nitrogens with two attached hydrogens (primary N) is 2. The van der Waals surface area contributed by atoms with E-state index in [9.17, 15) is 9.59 Å². The zero-order chi connectivity index (χ0) is 44.8. The Hall–Kier alpha value is -5.74. The number of anilines is 2. The highest BCUT2D eigenvalue weighted by atomic mass is 16.1. The van der Waals surface area contributed by atoms with Crippen LogP contribution >= 0.6 is 0 Å². The molecule has 0 bridgehead atoms. The van der Waals surface area contributed by atoms with Crippen molar-refractivity contribution in [3.63, 3.8) is 0 Å². The normalized spacial score (nSPS) is 17.3. The Bertz CT molecular complexity index is 2450. The molecule has 1 aliphatic rings. The molecule has 6 aromatic carbocycles. The molecule has 1 aliphatic carbocycles. The molecule has 2 atom stereocenters. The van der Waals surface area contributed by atoms with Crippen LogP contribution in [0.4, 0.5) is 11.4 Å². The highest BCUT2D eigenvalue weighted by molar-refractivity contribution is 6.13. The summed E-state index contributed by atoms with van der Waals surface area (Å²) in [4.78, 5) is 28.0. The monoisotopic (exact) mass is 823 g/mol. The van der Waals surface area contributed by atoms with Gasteiger partial charge in [0.15, 0.2) is 11.6 Å². The lowest BCUT2D eigenvalue weighted by Gasteiger charge is -2.53. The Kier molecular flexibility index (Phi) is 12.0. The van der Waals surface area contributed by atoms with Gasteiger partial charge in [0, 0.05) is 44.5 Å². The fourth-order valence-electron chi connectivity index (χ4n) is 9.73. The SMILES string of the molecule is CCCCC1(C)c2cc(-c3ccc(N)c(C(=O)c4ccc(C(C)(C)C)cc4)c3)ccc2-c2ccc(-c3ccc(N)c(C(=O)c4ccc(C(C)(C)C)cc4)c3)cc2C1(C)CCCC. The Morgan fingerprint density at radius 1 is 0.468 bits per heavy atom. The minimum Gasteiger partial charge on any atom is -0.398 e. The molecular weight excluding hydrogens is 757 g/mol. The third-order valence-corrected chi connectivity index (χ3v) is 14.1. The van der Waals surface area contributed by atoms with Crippen LogP contribution in [0.1, 0.15) is 162 Å². The van der Waals surface area contributed by atoms with Gasteiger partial charge in [-0.3, -0.25) is 9.59 Å². The van der Waals surface area contributed by atoms with Gasteiger partial charge in [0.1, 0.15) is 0 Å². The van der Waals surface area contributed by atoms with Crippen molar-refractivity contribution in [2.75, 3.05) is 11.5 Å². The Balaban J connectivity index is 1.32. The molecule has 2 unspecified atom stereocenters. The minimum absolute atomic E-state index is 0.00325. The van der Waals surface area contributed by atoms with E-state index in [2.05, 4.69) is 106 Å². The molecule has 0 radical (unpaired) electrons. The molecule has 4 nitrogen and oxygen atoms in total. The van der Waals surface area contributed by atoms with E-state index in [-0.39, 0.29) is 33.2 Å². The summed E-state index contributed by atoms with van der Waals surface area (Å²) < 4.78 is 0. The quantitative estimate of drug-likeness (QED) is 0.0951. The average molecular weight is 823 g/mol. The van der Waals surface area contributed by atoms with Gasteiger partial charge in [-0.2, -0.15) is 0 Å². The van der Waals surface area contributed by atoms with Crippen molar-refractivity contribution in [2.24, 2.45) is 0 Å². The van der Waals surface area contributed by atoms with Gasteiger partial charge in [-0.05, 0) is 116 Å². The second-order valence-electron chi connectivity index (χ2n) is 20.3. The van der Waals surface area contributed by atoms with Crippen molar-refractivity contribution in [1.29, 1.82) is 0 Å². The number of unbranched alkanes of at least 4 members (excludes halogenated alkanes) is 2. The molecule has 320 valence electrons. The van der Waals surface area contributed by atoms with E-state index < -0.39 is 0 Å². The van der Waals surface area contributed by atoms with Crippen LogP contribution in [0.2, 0.25) is 0 Å². The molecule has 6 aromatic rings. The molecule has 0 saturated carbocycles. The summed E-state index contributed by atoms with van der Waals surface area (Å²) in [5, 5.41) is 0. The highest BCUT2D eigenvalue weighted by Crippen LogP contribution is 2.59. The number of nitrogen functional groups attached to an aromatic ring is 2. The fourth-order valence-corrected chi connectivity index (χ4v) is 9.73. The van der Waals surface area contributed by atoms with Crippen molar-refractivity contribution in [1.82, 2.24) is 0 Å². The van der Waals surface area contributed by atoms with Gasteiger partial charge in [0.05, 0.1) is 0 Å². The Morgan fingerprint density at radius 3 is 1.11 bits per heavy atom. The third kappa shape index (κ3) is 8.17. The number of hydrogen-bond donors (Lipinski definition) is 2. The molecular formula is C58H66N2O2. The number of carbonyl (C=O) groups excluding carboxylic acids is 2. The summed E-state index contributed by atoms with van der Waals surface area (Å²) in [6, 6.07) is 41.5. The smallest absolute Gasteiger partial charge is 0.195 e. The van der Waals surface area contributed by atoms with E-state index in [1.165, 1.54) is 33.4 Å². The lowest BCUT2D eigenvalue weighted by atomic mass is 9.50. The number of fused-ring (bicyclic) bond motifs is 3. The van der Waals surface area contributed by atoms with Crippen LogP contribution in [0.25, 0.3) is 33.4 Å². The van der Waals surface area contributed by atoms with Gasteiger partial charge in [-0.15, -0.1) is 0 Å². The van der Waals surface area contributed by atoms with Gasteiger partial charge >= 0.3 is 0 Å². The van der Waals surface area contributed by atoms with Crippen LogP contribution < -0.4 is 11.5 Å². The summed E-state index contributed by atoms with van der Waals surface area (Å²) >= 11 is 0. The molecule has 0 aromatic heterocycles. The van der Waals surface area contributed by atoms with E-state index in [1.807, 2.05) is 84.9 Å². The predicted octanol–water partition coefficient (Wildman–Crippen LogP) is 14.8. The summed E-state index contributed by atoms with van der Waals surface area (Å²) in [5.41, 5.74) is 27.6. The van der Waals surface area contributed by atoms with E-state index in [0.29, 0.717) is 33.6 Å². The molecule has 0 aliphatic heterocycles. The third-order valence-electron chi connectivity index (χ3n) is 14.1. The van der Waals surface area contributed by atoms with Gasteiger partial charge < -0.3 is 11.5 Å². The fraction of sp³-hybridized carbons (Fsp3) is 0.345. The van der Waals surface area contributed by atoms with Gasteiger partial charge in [0.2, 0.25) is 0 Å². The second-order valence-corrected chi connectivity index (χ2v) is 20.3. The highest BCUT2D eigenvalue weighted by Gasteiger charge is 2.51. The molecule has 62 heavy (non-hydrogen) atoms. The van der Waals surface area contributed by atoms with Crippen molar-refractivity contribution >= 4 is 22.9 Å². The molecule has 0 amide bonds. The van der Waals surface area contributed by atoms with Crippen LogP contribution in [-0.4, -0.2) is 11.6 Å². The van der Waals surface area contributed by atoms with Crippen molar-refractivity contribution in [3.8, 4) is 33.4 Å². The second kappa shape index (κ2) is 16.9. The van der Waals surface area contributed by atoms with Crippen molar-refractivity contribution < 1.29 is 9.59 Å². The first-order chi connectivity index (χ1) is 29.3. The number of benzene rings is 6. The van der Waals surface area contributed by atoms with E-state index in [0.717, 1.165) is 60.8 Å². The number of hydrogen-bond acceptors (Lipinski definition) is 4. The number of carbonyl (C=O) groups is 2. The van der Waals surface area contributed by atoms with Gasteiger partial charge in [-0.1, -0.05) is 180 Å². The van der Waals surface area contributed by atoms with E-state index in [1.54, 1.807) is 0 Å². The van der Waals surface area contributed by atoms with Crippen LogP contribution in [0.5, 0.6) is 0 Å². The zero-order valence-corrected chi connectivity index (χ0v) is 38.8. The van der Waals surface area contributed by atoms with Gasteiger partial charge in [-0.25, -0.2) is 0 Å². The van der Waals surface area contributed by atoms with Crippen LogP contribution in [0, 0.1) is 0 Å². The molecule has 0 spiro atoms. The summed E-state index contributed by atoms with van der Waals surface area (Å²) in [6.45, 7) is 22.6. The largest absolute Gasteiger partial charge is 0.398 e. The topological polar surface area (TPSA) is 86.2 Å². The molecule has 0 fully saturated rings. The molecule has 0 saturated heterocycles.